The van der Waals surface area contributed by atoms with Crippen molar-refractivity contribution in [2.45, 2.75) is 38.9 Å². The van der Waals surface area contributed by atoms with Crippen molar-refractivity contribution in [2.75, 3.05) is 0 Å². The second-order valence-electron chi connectivity index (χ2n) is 4.75. The molecule has 17 heavy (non-hydrogen) atoms. The number of rotatable bonds is 3. The topological polar surface area (TPSA) is 25.8 Å². The Morgan fingerprint density at radius 3 is 2.65 bits per heavy atom. The fourth-order valence-corrected chi connectivity index (χ4v) is 3.16. The molecule has 2 rings (SSSR count). The zero-order chi connectivity index (χ0) is 12.6. The van der Waals surface area contributed by atoms with E-state index in [1.807, 2.05) is 0 Å². The molecule has 2 aromatic heterocycles. The minimum Gasteiger partial charge on any atom is -0.241 e. The molecule has 0 aromatic carbocycles. The highest BCUT2D eigenvalue weighted by atomic mass is 79.9. The van der Waals surface area contributed by atoms with Crippen molar-refractivity contribution in [3.63, 3.8) is 0 Å². The van der Waals surface area contributed by atoms with Gasteiger partial charge in [-0.25, -0.2) is 9.97 Å². The van der Waals surface area contributed by atoms with Gasteiger partial charge in [0, 0.05) is 21.5 Å². The van der Waals surface area contributed by atoms with Crippen molar-refractivity contribution in [3.8, 4) is 0 Å². The number of hydrogen-bond donors (Lipinski definition) is 0. The second-order valence-corrected chi connectivity index (χ2v) is 7.13. The van der Waals surface area contributed by atoms with E-state index >= 15 is 0 Å². The number of nitrogens with zero attached hydrogens (tertiary/aromatic N) is 2. The van der Waals surface area contributed by atoms with Gasteiger partial charge in [-0.3, -0.25) is 0 Å². The number of hydrogen-bond acceptors (Lipinski definition) is 3. The SMILES string of the molecule is Cc1sc2ncnc(CC(Br)C(C)C)c2c1C. The van der Waals surface area contributed by atoms with Crippen LogP contribution in [0.4, 0.5) is 0 Å². The smallest absolute Gasteiger partial charge is 0.127 e. The highest BCUT2D eigenvalue weighted by molar-refractivity contribution is 9.09. The summed E-state index contributed by atoms with van der Waals surface area (Å²) in [6.07, 6.45) is 2.65. The van der Waals surface area contributed by atoms with Gasteiger partial charge in [-0.2, -0.15) is 0 Å². The van der Waals surface area contributed by atoms with Crippen LogP contribution >= 0.6 is 27.3 Å². The van der Waals surface area contributed by atoms with Crippen LogP contribution in [0.15, 0.2) is 6.33 Å². The van der Waals surface area contributed by atoms with Crippen LogP contribution in [0.5, 0.6) is 0 Å². The van der Waals surface area contributed by atoms with Crippen molar-refractivity contribution in [2.24, 2.45) is 5.92 Å². The van der Waals surface area contributed by atoms with Crippen LogP contribution in [0.3, 0.4) is 0 Å². The van der Waals surface area contributed by atoms with Crippen LogP contribution in [0.25, 0.3) is 10.2 Å². The monoisotopic (exact) mass is 312 g/mol. The van der Waals surface area contributed by atoms with Crippen LogP contribution in [-0.2, 0) is 6.42 Å². The van der Waals surface area contributed by atoms with E-state index in [1.165, 1.54) is 21.5 Å². The van der Waals surface area contributed by atoms with Crippen LogP contribution in [0.2, 0.25) is 0 Å². The summed E-state index contributed by atoms with van der Waals surface area (Å²) >= 11 is 5.50. The first-order chi connectivity index (χ1) is 8.00. The molecule has 92 valence electrons. The molecule has 0 aliphatic carbocycles. The Bertz CT molecular complexity index is 533. The summed E-state index contributed by atoms with van der Waals surface area (Å²) in [6.45, 7) is 8.77. The maximum absolute atomic E-state index is 4.47. The quantitative estimate of drug-likeness (QED) is 0.791. The Kier molecular flexibility index (Phi) is 3.83. The van der Waals surface area contributed by atoms with E-state index in [-0.39, 0.29) is 0 Å². The molecule has 1 atom stereocenters. The van der Waals surface area contributed by atoms with E-state index in [9.17, 15) is 0 Å². The van der Waals surface area contributed by atoms with Crippen molar-refractivity contribution < 1.29 is 0 Å². The molecule has 0 saturated heterocycles. The summed E-state index contributed by atoms with van der Waals surface area (Å²) in [5.74, 6) is 0.611. The van der Waals surface area contributed by atoms with E-state index in [2.05, 4.69) is 53.6 Å². The minimum atomic E-state index is 0.472. The first-order valence-corrected chi connectivity index (χ1v) is 7.57. The van der Waals surface area contributed by atoms with Crippen molar-refractivity contribution >= 4 is 37.5 Å². The number of fused-ring (bicyclic) bond motifs is 1. The fourth-order valence-electron chi connectivity index (χ4n) is 1.83. The van der Waals surface area contributed by atoms with Crippen molar-refractivity contribution in [1.29, 1.82) is 0 Å². The predicted molar refractivity (Wildman–Crippen MR) is 78.1 cm³/mol. The lowest BCUT2D eigenvalue weighted by Gasteiger charge is -2.13. The third-order valence-electron chi connectivity index (χ3n) is 3.16. The number of aromatic nitrogens is 2. The molecule has 0 saturated carbocycles. The van der Waals surface area contributed by atoms with E-state index < -0.39 is 0 Å². The molecular formula is C13H17BrN2S. The third kappa shape index (κ3) is 2.52. The first kappa shape index (κ1) is 13.0. The average molecular weight is 313 g/mol. The normalized spacial score (nSPS) is 13.5. The Morgan fingerprint density at radius 2 is 2.00 bits per heavy atom. The summed E-state index contributed by atoms with van der Waals surface area (Å²) in [6, 6.07) is 0. The summed E-state index contributed by atoms with van der Waals surface area (Å²) in [5, 5.41) is 1.26. The Balaban J connectivity index is 2.47. The first-order valence-electron chi connectivity index (χ1n) is 5.84. The van der Waals surface area contributed by atoms with E-state index in [0.29, 0.717) is 10.7 Å². The lowest BCUT2D eigenvalue weighted by atomic mass is 10.0. The molecule has 0 spiro atoms. The molecule has 0 amide bonds. The second kappa shape index (κ2) is 5.02. The standard InChI is InChI=1S/C13H17BrN2S/c1-7(2)10(14)5-11-12-8(3)9(4)17-13(12)16-6-15-11/h6-7,10H,5H2,1-4H3. The van der Waals surface area contributed by atoms with Crippen LogP contribution in [-0.4, -0.2) is 14.8 Å². The van der Waals surface area contributed by atoms with Gasteiger partial charge < -0.3 is 0 Å². The molecule has 2 nitrogen and oxygen atoms in total. The molecule has 4 heteroatoms. The summed E-state index contributed by atoms with van der Waals surface area (Å²) in [4.78, 5) is 11.8. The van der Waals surface area contributed by atoms with Crippen LogP contribution in [0, 0.1) is 19.8 Å². The maximum Gasteiger partial charge on any atom is 0.127 e. The molecule has 1 unspecified atom stereocenters. The molecule has 0 aliphatic heterocycles. The molecule has 0 radical (unpaired) electrons. The van der Waals surface area contributed by atoms with E-state index in [0.717, 1.165) is 11.3 Å². The summed E-state index contributed by atoms with van der Waals surface area (Å²) < 4.78 is 0. The largest absolute Gasteiger partial charge is 0.241 e. The van der Waals surface area contributed by atoms with Gasteiger partial charge in [0.25, 0.3) is 0 Å². The van der Waals surface area contributed by atoms with Gasteiger partial charge in [0.2, 0.25) is 0 Å². The zero-order valence-corrected chi connectivity index (χ0v) is 13.0. The molecule has 0 N–H and O–H groups in total. The third-order valence-corrected chi connectivity index (χ3v) is 5.65. The van der Waals surface area contributed by atoms with Crippen molar-refractivity contribution in [1.82, 2.24) is 9.97 Å². The van der Waals surface area contributed by atoms with Gasteiger partial charge in [-0.05, 0) is 25.3 Å². The zero-order valence-electron chi connectivity index (χ0n) is 10.6. The highest BCUT2D eigenvalue weighted by Gasteiger charge is 2.16. The number of aryl methyl sites for hydroxylation is 2. The average Bonchev–Trinajstić information content (AvgIpc) is 2.56. The number of thiophene rings is 1. The lowest BCUT2D eigenvalue weighted by Crippen LogP contribution is -2.12. The molecular weight excluding hydrogens is 296 g/mol. The van der Waals surface area contributed by atoms with Gasteiger partial charge >= 0.3 is 0 Å². The van der Waals surface area contributed by atoms with Gasteiger partial charge in [0.05, 0.1) is 5.69 Å². The summed E-state index contributed by atoms with van der Waals surface area (Å²) in [7, 11) is 0. The Hall–Kier alpha value is -0.480. The molecule has 0 fully saturated rings. The van der Waals surface area contributed by atoms with Crippen molar-refractivity contribution in [3.05, 3.63) is 22.5 Å². The van der Waals surface area contributed by atoms with E-state index in [4.69, 9.17) is 0 Å². The van der Waals surface area contributed by atoms with Crippen LogP contribution in [0.1, 0.15) is 30.0 Å². The highest BCUT2D eigenvalue weighted by Crippen LogP contribution is 2.31. The fraction of sp³-hybridized carbons (Fsp3) is 0.538. The molecule has 0 aliphatic rings. The number of alkyl halides is 1. The van der Waals surface area contributed by atoms with Gasteiger partial charge in [0.1, 0.15) is 11.2 Å². The Morgan fingerprint density at radius 1 is 1.29 bits per heavy atom. The predicted octanol–water partition coefficient (Wildman–Crippen LogP) is 4.27. The summed E-state index contributed by atoms with van der Waals surface area (Å²) in [5.41, 5.74) is 2.51. The lowest BCUT2D eigenvalue weighted by molar-refractivity contribution is 0.609. The van der Waals surface area contributed by atoms with Gasteiger partial charge in [-0.15, -0.1) is 11.3 Å². The molecule has 2 aromatic rings. The van der Waals surface area contributed by atoms with Gasteiger partial charge in [-0.1, -0.05) is 29.8 Å². The maximum atomic E-state index is 4.47. The van der Waals surface area contributed by atoms with E-state index in [1.54, 1.807) is 17.7 Å². The number of halogens is 1. The van der Waals surface area contributed by atoms with Gasteiger partial charge in [0.15, 0.2) is 0 Å². The molecule has 2 heterocycles. The minimum absolute atomic E-state index is 0.472. The Labute approximate surface area is 115 Å². The van der Waals surface area contributed by atoms with Crippen LogP contribution < -0.4 is 0 Å². The molecule has 0 bridgehead atoms.